The summed E-state index contributed by atoms with van der Waals surface area (Å²) in [6.07, 6.45) is 1.18. The van der Waals surface area contributed by atoms with Crippen LogP contribution in [0, 0.1) is 13.8 Å². The molecule has 1 heterocycles. The molecule has 1 aromatic heterocycles. The van der Waals surface area contributed by atoms with Gasteiger partial charge in [0, 0.05) is 17.3 Å². The van der Waals surface area contributed by atoms with E-state index in [2.05, 4.69) is 41.6 Å². The van der Waals surface area contributed by atoms with E-state index < -0.39 is 6.10 Å². The molecule has 27 heavy (non-hydrogen) atoms. The van der Waals surface area contributed by atoms with Crippen molar-refractivity contribution in [2.75, 3.05) is 5.32 Å². The largest absolute Gasteiger partial charge is 0.481 e. The van der Waals surface area contributed by atoms with Crippen molar-refractivity contribution in [1.82, 2.24) is 9.78 Å². The molecule has 140 valence electrons. The van der Waals surface area contributed by atoms with E-state index in [0.29, 0.717) is 23.1 Å². The number of ether oxygens (including phenoxy) is 1. The third-order valence-electron chi connectivity index (χ3n) is 4.17. The zero-order valence-corrected chi connectivity index (χ0v) is 16.3. The number of nitrogens with one attached hydrogen (secondary N) is 1. The Morgan fingerprint density at radius 2 is 1.93 bits per heavy atom. The van der Waals surface area contributed by atoms with Crippen LogP contribution in [0.4, 0.5) is 5.82 Å². The maximum atomic E-state index is 12.4. The van der Waals surface area contributed by atoms with Crippen molar-refractivity contribution in [3.63, 3.8) is 0 Å². The topological polar surface area (TPSA) is 56.2 Å². The molecule has 0 aliphatic carbocycles. The van der Waals surface area contributed by atoms with Crippen LogP contribution in [0.3, 0.4) is 0 Å². The quantitative estimate of drug-likeness (QED) is 0.676. The van der Waals surface area contributed by atoms with Crippen molar-refractivity contribution in [1.29, 1.82) is 0 Å². The number of rotatable bonds is 6. The average Bonchev–Trinajstić information content (AvgIpc) is 3.06. The number of halogens is 1. The van der Waals surface area contributed by atoms with Gasteiger partial charge in [0.2, 0.25) is 0 Å². The van der Waals surface area contributed by atoms with E-state index in [1.165, 1.54) is 5.56 Å². The maximum absolute atomic E-state index is 12.4. The predicted octanol–water partition coefficient (Wildman–Crippen LogP) is 4.61. The normalized spacial score (nSPS) is 11.9. The SMILES string of the molecule is Cc1ccc(Cn2ccc(NC(=O)C(C)Oc3ccc(Cl)cc3C)n2)cc1. The van der Waals surface area contributed by atoms with Crippen LogP contribution in [0.1, 0.15) is 23.6 Å². The van der Waals surface area contributed by atoms with Gasteiger partial charge in [0.25, 0.3) is 5.91 Å². The number of amides is 1. The van der Waals surface area contributed by atoms with Crippen LogP contribution < -0.4 is 10.1 Å². The van der Waals surface area contributed by atoms with Gasteiger partial charge in [0.15, 0.2) is 11.9 Å². The first kappa shape index (κ1) is 19.0. The number of benzene rings is 2. The van der Waals surface area contributed by atoms with Gasteiger partial charge in [-0.1, -0.05) is 41.4 Å². The monoisotopic (exact) mass is 383 g/mol. The van der Waals surface area contributed by atoms with Crippen molar-refractivity contribution < 1.29 is 9.53 Å². The molecule has 3 rings (SSSR count). The summed E-state index contributed by atoms with van der Waals surface area (Å²) >= 11 is 5.95. The minimum Gasteiger partial charge on any atom is -0.481 e. The molecule has 5 nitrogen and oxygen atoms in total. The van der Waals surface area contributed by atoms with Crippen LogP contribution in [0.15, 0.2) is 54.7 Å². The molecule has 1 amide bonds. The Morgan fingerprint density at radius 1 is 1.19 bits per heavy atom. The predicted molar refractivity (Wildman–Crippen MR) is 107 cm³/mol. The first-order chi connectivity index (χ1) is 12.9. The summed E-state index contributed by atoms with van der Waals surface area (Å²) in [5.41, 5.74) is 3.25. The van der Waals surface area contributed by atoms with Crippen molar-refractivity contribution in [2.24, 2.45) is 0 Å². The maximum Gasteiger partial charge on any atom is 0.266 e. The number of aryl methyl sites for hydroxylation is 2. The Labute approximate surface area is 163 Å². The fourth-order valence-electron chi connectivity index (χ4n) is 2.61. The minimum atomic E-state index is -0.660. The van der Waals surface area contributed by atoms with Crippen LogP contribution in [0.2, 0.25) is 5.02 Å². The third kappa shape index (κ3) is 5.11. The molecule has 1 N–H and O–H groups in total. The van der Waals surface area contributed by atoms with Gasteiger partial charge in [-0.3, -0.25) is 9.48 Å². The molecule has 6 heteroatoms. The van der Waals surface area contributed by atoms with E-state index >= 15 is 0 Å². The molecule has 0 saturated heterocycles. The number of carbonyl (C=O) groups excluding carboxylic acids is 1. The second-order valence-electron chi connectivity index (χ2n) is 6.54. The van der Waals surface area contributed by atoms with Crippen molar-refractivity contribution in [2.45, 2.75) is 33.4 Å². The zero-order chi connectivity index (χ0) is 19.4. The van der Waals surface area contributed by atoms with Crippen LogP contribution in [0.5, 0.6) is 5.75 Å². The summed E-state index contributed by atoms with van der Waals surface area (Å²) in [6, 6.07) is 15.3. The molecule has 0 saturated carbocycles. The van der Waals surface area contributed by atoms with E-state index in [4.69, 9.17) is 16.3 Å². The van der Waals surface area contributed by atoms with E-state index in [1.54, 1.807) is 35.9 Å². The molecule has 0 fully saturated rings. The van der Waals surface area contributed by atoms with Gasteiger partial charge in [-0.25, -0.2) is 0 Å². The highest BCUT2D eigenvalue weighted by atomic mass is 35.5. The first-order valence-electron chi connectivity index (χ1n) is 8.73. The minimum absolute atomic E-state index is 0.259. The Bertz CT molecular complexity index is 935. The lowest BCUT2D eigenvalue weighted by Gasteiger charge is -2.15. The summed E-state index contributed by atoms with van der Waals surface area (Å²) < 4.78 is 7.53. The van der Waals surface area contributed by atoms with E-state index in [0.717, 1.165) is 11.1 Å². The van der Waals surface area contributed by atoms with Gasteiger partial charge >= 0.3 is 0 Å². The fraction of sp³-hybridized carbons (Fsp3) is 0.238. The number of aromatic nitrogens is 2. The Kier molecular flexibility index (Phi) is 5.81. The summed E-state index contributed by atoms with van der Waals surface area (Å²) in [5.74, 6) is 0.868. The molecule has 3 aromatic rings. The smallest absolute Gasteiger partial charge is 0.266 e. The summed E-state index contributed by atoms with van der Waals surface area (Å²) in [4.78, 5) is 12.4. The van der Waals surface area contributed by atoms with Crippen molar-refractivity contribution >= 4 is 23.3 Å². The molecule has 2 aromatic carbocycles. The van der Waals surface area contributed by atoms with E-state index in [-0.39, 0.29) is 5.91 Å². The molecule has 0 bridgehead atoms. The second kappa shape index (κ2) is 8.27. The molecule has 0 radical (unpaired) electrons. The highest BCUT2D eigenvalue weighted by Crippen LogP contribution is 2.23. The lowest BCUT2D eigenvalue weighted by atomic mass is 10.1. The number of hydrogen-bond acceptors (Lipinski definition) is 3. The van der Waals surface area contributed by atoms with E-state index in [1.807, 2.05) is 13.1 Å². The van der Waals surface area contributed by atoms with Crippen LogP contribution >= 0.6 is 11.6 Å². The van der Waals surface area contributed by atoms with Gasteiger partial charge in [0.05, 0.1) is 6.54 Å². The second-order valence-corrected chi connectivity index (χ2v) is 6.98. The number of anilines is 1. The summed E-state index contributed by atoms with van der Waals surface area (Å²) in [5, 5.41) is 7.82. The molecule has 0 spiro atoms. The molecule has 1 atom stereocenters. The van der Waals surface area contributed by atoms with Crippen LogP contribution in [-0.4, -0.2) is 21.8 Å². The standard InChI is InChI=1S/C21H22ClN3O2/c1-14-4-6-17(7-5-14)13-25-11-10-20(24-25)23-21(26)16(3)27-19-9-8-18(22)12-15(19)2/h4-12,16H,13H2,1-3H3,(H,23,24,26). The fourth-order valence-corrected chi connectivity index (χ4v) is 2.84. The van der Waals surface area contributed by atoms with Crippen LogP contribution in [0.25, 0.3) is 0 Å². The Balaban J connectivity index is 1.59. The summed E-state index contributed by atoms with van der Waals surface area (Å²) in [7, 11) is 0. The van der Waals surface area contributed by atoms with Crippen LogP contribution in [-0.2, 0) is 11.3 Å². The lowest BCUT2D eigenvalue weighted by molar-refractivity contribution is -0.122. The molecule has 0 aliphatic heterocycles. The van der Waals surface area contributed by atoms with Gasteiger partial charge in [-0.2, -0.15) is 5.10 Å². The van der Waals surface area contributed by atoms with Gasteiger partial charge in [-0.15, -0.1) is 0 Å². The highest BCUT2D eigenvalue weighted by molar-refractivity contribution is 6.30. The summed E-state index contributed by atoms with van der Waals surface area (Å²) in [6.45, 7) is 6.29. The lowest BCUT2D eigenvalue weighted by Crippen LogP contribution is -2.30. The Hall–Kier alpha value is -2.79. The molecular formula is C21H22ClN3O2. The molecule has 0 aliphatic rings. The zero-order valence-electron chi connectivity index (χ0n) is 15.6. The Morgan fingerprint density at radius 3 is 2.63 bits per heavy atom. The number of hydrogen-bond donors (Lipinski definition) is 1. The average molecular weight is 384 g/mol. The number of nitrogens with zero attached hydrogens (tertiary/aromatic N) is 2. The van der Waals surface area contributed by atoms with Gasteiger partial charge in [-0.05, 0) is 50.1 Å². The van der Waals surface area contributed by atoms with Gasteiger partial charge in [0.1, 0.15) is 5.75 Å². The van der Waals surface area contributed by atoms with Gasteiger partial charge < -0.3 is 10.1 Å². The van der Waals surface area contributed by atoms with Crippen molar-refractivity contribution in [3.8, 4) is 5.75 Å². The molecule has 1 unspecified atom stereocenters. The highest BCUT2D eigenvalue weighted by Gasteiger charge is 2.17. The third-order valence-corrected chi connectivity index (χ3v) is 4.40. The number of carbonyl (C=O) groups is 1. The first-order valence-corrected chi connectivity index (χ1v) is 9.11. The van der Waals surface area contributed by atoms with E-state index in [9.17, 15) is 4.79 Å². The molecular weight excluding hydrogens is 362 g/mol. The van der Waals surface area contributed by atoms with Crippen molar-refractivity contribution in [3.05, 3.63) is 76.4 Å².